The van der Waals surface area contributed by atoms with Gasteiger partial charge in [-0.05, 0) is 31.5 Å². The van der Waals surface area contributed by atoms with Gasteiger partial charge in [-0.3, -0.25) is 9.59 Å². The number of aryl methyl sites for hydroxylation is 2. The van der Waals surface area contributed by atoms with E-state index in [1.165, 1.54) is 0 Å². The summed E-state index contributed by atoms with van der Waals surface area (Å²) in [6.07, 6.45) is 0.195. The Kier molecular flexibility index (Phi) is 4.71. The second-order valence-electron chi connectivity index (χ2n) is 4.79. The molecule has 0 aliphatic rings. The molecule has 0 bridgehead atoms. The van der Waals surface area contributed by atoms with Gasteiger partial charge in [0.05, 0.1) is 0 Å². The Labute approximate surface area is 122 Å². The molecule has 1 heterocycles. The van der Waals surface area contributed by atoms with E-state index in [1.807, 2.05) is 31.2 Å². The van der Waals surface area contributed by atoms with E-state index in [0.29, 0.717) is 11.6 Å². The maximum Gasteiger partial charge on any atom is 0.226 e. The third kappa shape index (κ3) is 4.76. The Morgan fingerprint density at radius 2 is 1.81 bits per heavy atom. The van der Waals surface area contributed by atoms with Crippen molar-refractivity contribution in [3.05, 3.63) is 41.7 Å². The Balaban J connectivity index is 1.77. The molecule has 0 aliphatic carbocycles. The van der Waals surface area contributed by atoms with Crippen LogP contribution in [0.25, 0.3) is 0 Å². The van der Waals surface area contributed by atoms with Gasteiger partial charge >= 0.3 is 0 Å². The minimum absolute atomic E-state index is 0.0869. The van der Waals surface area contributed by atoms with E-state index in [9.17, 15) is 9.59 Å². The second-order valence-corrected chi connectivity index (χ2v) is 4.79. The number of nitrogens with zero attached hydrogens (tertiary/aromatic N) is 1. The fraction of sp³-hybridized carbons (Fsp3) is 0.267. The minimum atomic E-state index is -0.275. The Hall–Kier alpha value is -2.63. The van der Waals surface area contributed by atoms with Gasteiger partial charge in [0.15, 0.2) is 5.82 Å². The van der Waals surface area contributed by atoms with Gasteiger partial charge in [-0.25, -0.2) is 0 Å². The van der Waals surface area contributed by atoms with Crippen LogP contribution >= 0.6 is 0 Å². The molecule has 21 heavy (non-hydrogen) atoms. The van der Waals surface area contributed by atoms with Gasteiger partial charge < -0.3 is 15.2 Å². The number of rotatable bonds is 5. The monoisotopic (exact) mass is 287 g/mol. The van der Waals surface area contributed by atoms with E-state index in [4.69, 9.17) is 4.52 Å². The predicted octanol–water partition coefficient (Wildman–Crippen LogP) is 2.65. The van der Waals surface area contributed by atoms with Gasteiger partial charge in [-0.2, -0.15) is 0 Å². The normalized spacial score (nSPS) is 10.2. The molecule has 0 unspecified atom stereocenters. The van der Waals surface area contributed by atoms with Gasteiger partial charge in [0, 0.05) is 24.6 Å². The van der Waals surface area contributed by atoms with Crippen molar-refractivity contribution in [1.82, 2.24) is 5.16 Å². The summed E-state index contributed by atoms with van der Waals surface area (Å²) in [4.78, 5) is 23.4. The predicted molar refractivity (Wildman–Crippen MR) is 78.9 cm³/mol. The molecule has 0 radical (unpaired) electrons. The lowest BCUT2D eigenvalue weighted by molar-refractivity contribution is -0.121. The lowest BCUT2D eigenvalue weighted by Gasteiger charge is -2.05. The Bertz CT molecular complexity index is 649. The lowest BCUT2D eigenvalue weighted by Crippen LogP contribution is -2.17. The standard InChI is InChI=1S/C15H17N3O3/c1-10-4-3-5-12(8-10)16-14(19)6-7-15(20)17-13-9-11(2)21-18-13/h3-5,8-9H,6-7H2,1-2H3,(H,16,19)(H,17,18,20). The first-order valence-electron chi connectivity index (χ1n) is 6.62. The fourth-order valence-corrected chi connectivity index (χ4v) is 1.80. The zero-order valence-electron chi connectivity index (χ0n) is 12.0. The van der Waals surface area contributed by atoms with Gasteiger partial charge in [-0.1, -0.05) is 17.3 Å². The van der Waals surface area contributed by atoms with Crippen LogP contribution in [0.1, 0.15) is 24.2 Å². The Morgan fingerprint density at radius 3 is 2.43 bits per heavy atom. The number of aromatic nitrogens is 1. The molecule has 0 fully saturated rings. The molecule has 1 aromatic heterocycles. The molecule has 0 saturated heterocycles. The van der Waals surface area contributed by atoms with Crippen molar-refractivity contribution in [2.45, 2.75) is 26.7 Å². The molecule has 6 nitrogen and oxygen atoms in total. The van der Waals surface area contributed by atoms with Crippen molar-refractivity contribution < 1.29 is 14.1 Å². The molecular formula is C15H17N3O3. The van der Waals surface area contributed by atoms with Crippen molar-refractivity contribution >= 4 is 23.3 Å². The summed E-state index contributed by atoms with van der Waals surface area (Å²) >= 11 is 0. The summed E-state index contributed by atoms with van der Waals surface area (Å²) < 4.78 is 4.84. The van der Waals surface area contributed by atoms with E-state index in [2.05, 4.69) is 15.8 Å². The molecule has 0 spiro atoms. The molecular weight excluding hydrogens is 270 g/mol. The van der Waals surface area contributed by atoms with Crippen molar-refractivity contribution in [2.24, 2.45) is 0 Å². The first-order chi connectivity index (χ1) is 10.0. The second kappa shape index (κ2) is 6.69. The fourth-order valence-electron chi connectivity index (χ4n) is 1.80. The van der Waals surface area contributed by atoms with Crippen LogP contribution in [-0.2, 0) is 9.59 Å². The van der Waals surface area contributed by atoms with Crippen LogP contribution in [0.3, 0.4) is 0 Å². The van der Waals surface area contributed by atoms with Gasteiger partial charge in [0.2, 0.25) is 11.8 Å². The quantitative estimate of drug-likeness (QED) is 0.885. The number of benzene rings is 1. The molecule has 1 aromatic carbocycles. The highest BCUT2D eigenvalue weighted by Gasteiger charge is 2.09. The topological polar surface area (TPSA) is 84.2 Å². The molecule has 2 rings (SSSR count). The lowest BCUT2D eigenvalue weighted by atomic mass is 10.2. The molecule has 2 aromatic rings. The molecule has 2 N–H and O–H groups in total. The maximum absolute atomic E-state index is 11.8. The van der Waals surface area contributed by atoms with Crippen LogP contribution in [0.5, 0.6) is 0 Å². The van der Waals surface area contributed by atoms with Crippen LogP contribution in [0, 0.1) is 13.8 Å². The third-order valence-electron chi connectivity index (χ3n) is 2.78. The van der Waals surface area contributed by atoms with Crippen molar-refractivity contribution in [1.29, 1.82) is 0 Å². The van der Waals surface area contributed by atoms with E-state index in [-0.39, 0.29) is 24.7 Å². The van der Waals surface area contributed by atoms with E-state index in [1.54, 1.807) is 13.0 Å². The number of carbonyl (C=O) groups excluding carboxylic acids is 2. The average molecular weight is 287 g/mol. The summed E-state index contributed by atoms with van der Waals surface area (Å²) in [6.45, 7) is 3.68. The zero-order chi connectivity index (χ0) is 15.2. The summed E-state index contributed by atoms with van der Waals surface area (Å²) in [5.41, 5.74) is 1.79. The van der Waals surface area contributed by atoms with Crippen LogP contribution < -0.4 is 10.6 Å². The average Bonchev–Trinajstić information content (AvgIpc) is 2.82. The summed E-state index contributed by atoms with van der Waals surface area (Å²) in [5.74, 6) is 0.494. The number of hydrogen-bond acceptors (Lipinski definition) is 4. The molecule has 0 saturated carbocycles. The summed E-state index contributed by atoms with van der Waals surface area (Å²) in [6, 6.07) is 9.11. The Morgan fingerprint density at radius 1 is 1.10 bits per heavy atom. The summed E-state index contributed by atoms with van der Waals surface area (Å²) in [7, 11) is 0. The highest BCUT2D eigenvalue weighted by Crippen LogP contribution is 2.11. The highest BCUT2D eigenvalue weighted by molar-refractivity contribution is 5.96. The van der Waals surface area contributed by atoms with Gasteiger partial charge in [0.1, 0.15) is 5.76 Å². The molecule has 2 amide bonds. The first kappa shape index (κ1) is 14.8. The highest BCUT2D eigenvalue weighted by atomic mass is 16.5. The van der Waals surface area contributed by atoms with Crippen LogP contribution in [0.15, 0.2) is 34.9 Å². The van der Waals surface area contributed by atoms with Gasteiger partial charge in [0.25, 0.3) is 0 Å². The maximum atomic E-state index is 11.8. The van der Waals surface area contributed by atoms with Gasteiger partial charge in [-0.15, -0.1) is 0 Å². The van der Waals surface area contributed by atoms with E-state index >= 15 is 0 Å². The molecule has 110 valence electrons. The largest absolute Gasteiger partial charge is 0.360 e. The van der Waals surface area contributed by atoms with Crippen LogP contribution in [-0.4, -0.2) is 17.0 Å². The number of nitrogens with one attached hydrogen (secondary N) is 2. The number of hydrogen-bond donors (Lipinski definition) is 2. The van der Waals surface area contributed by atoms with Crippen molar-refractivity contribution in [3.63, 3.8) is 0 Å². The SMILES string of the molecule is Cc1cccc(NC(=O)CCC(=O)Nc2cc(C)on2)c1. The third-order valence-corrected chi connectivity index (χ3v) is 2.78. The first-order valence-corrected chi connectivity index (χ1v) is 6.62. The molecule has 6 heteroatoms. The van der Waals surface area contributed by atoms with Crippen molar-refractivity contribution in [2.75, 3.05) is 10.6 Å². The zero-order valence-corrected chi connectivity index (χ0v) is 12.0. The molecule has 0 atom stereocenters. The number of amides is 2. The van der Waals surface area contributed by atoms with Crippen LogP contribution in [0.2, 0.25) is 0 Å². The van der Waals surface area contributed by atoms with E-state index < -0.39 is 0 Å². The number of anilines is 2. The van der Waals surface area contributed by atoms with Crippen molar-refractivity contribution in [3.8, 4) is 0 Å². The minimum Gasteiger partial charge on any atom is -0.360 e. The van der Waals surface area contributed by atoms with Crippen LogP contribution in [0.4, 0.5) is 11.5 Å². The smallest absolute Gasteiger partial charge is 0.226 e. The van der Waals surface area contributed by atoms with E-state index in [0.717, 1.165) is 11.3 Å². The summed E-state index contributed by atoms with van der Waals surface area (Å²) in [5, 5.41) is 8.97. The number of carbonyl (C=O) groups is 2. The molecule has 0 aliphatic heterocycles.